The summed E-state index contributed by atoms with van der Waals surface area (Å²) in [5.41, 5.74) is 7.37. The third kappa shape index (κ3) is 3.79. The summed E-state index contributed by atoms with van der Waals surface area (Å²) in [6, 6.07) is 12.7. The molecule has 3 heterocycles. The first-order valence-electron chi connectivity index (χ1n) is 10.7. The summed E-state index contributed by atoms with van der Waals surface area (Å²) in [6.45, 7) is 4.53. The van der Waals surface area contributed by atoms with E-state index in [4.69, 9.17) is 15.6 Å². The number of nitrogens with zero attached hydrogens (tertiary/aromatic N) is 4. The van der Waals surface area contributed by atoms with Crippen molar-refractivity contribution in [3.63, 3.8) is 0 Å². The van der Waals surface area contributed by atoms with Gasteiger partial charge in [-0.2, -0.15) is 10.2 Å². The lowest BCUT2D eigenvalue weighted by Gasteiger charge is -2.13. The van der Waals surface area contributed by atoms with Crippen molar-refractivity contribution in [3.05, 3.63) is 83.1 Å². The summed E-state index contributed by atoms with van der Waals surface area (Å²) in [6.07, 6.45) is 1.95. The van der Waals surface area contributed by atoms with E-state index in [0.717, 1.165) is 0 Å². The van der Waals surface area contributed by atoms with Crippen molar-refractivity contribution in [3.8, 4) is 17.2 Å². The number of halogens is 1. The first kappa shape index (κ1) is 21.4. The third-order valence-electron chi connectivity index (χ3n) is 5.85. The van der Waals surface area contributed by atoms with E-state index in [2.05, 4.69) is 16.8 Å². The first-order chi connectivity index (χ1) is 16.4. The SMILES string of the molecule is C=CC(=O)N1CC[C@H](c2nn(-c3ccc(Oc4ccc(F)cc4)cc3)c3c(N)n[nH]c(=O)c23)C1. The van der Waals surface area contributed by atoms with Crippen molar-refractivity contribution in [1.82, 2.24) is 24.9 Å². The van der Waals surface area contributed by atoms with Crippen LogP contribution in [-0.4, -0.2) is 43.9 Å². The number of hydrogen-bond acceptors (Lipinski definition) is 6. The maximum absolute atomic E-state index is 13.1. The van der Waals surface area contributed by atoms with Crippen LogP contribution >= 0.6 is 0 Å². The zero-order valence-electron chi connectivity index (χ0n) is 18.1. The number of carbonyl (C=O) groups is 1. The maximum Gasteiger partial charge on any atom is 0.275 e. The highest BCUT2D eigenvalue weighted by atomic mass is 19.1. The normalized spacial score (nSPS) is 15.6. The highest BCUT2D eigenvalue weighted by molar-refractivity contribution is 5.91. The lowest BCUT2D eigenvalue weighted by molar-refractivity contribution is -0.125. The Bertz CT molecular complexity index is 1440. The predicted octanol–water partition coefficient (Wildman–Crippen LogP) is 3.12. The molecular weight excluding hydrogens is 439 g/mol. The van der Waals surface area contributed by atoms with E-state index < -0.39 is 5.56 Å². The van der Waals surface area contributed by atoms with E-state index in [1.54, 1.807) is 33.8 Å². The van der Waals surface area contributed by atoms with Crippen molar-refractivity contribution in [2.24, 2.45) is 0 Å². The molecular formula is C24H21FN6O3. The second-order valence-corrected chi connectivity index (χ2v) is 7.98. The molecule has 2 aromatic heterocycles. The minimum Gasteiger partial charge on any atom is -0.457 e. The Kier molecular flexibility index (Phi) is 5.33. The van der Waals surface area contributed by atoms with Gasteiger partial charge in [0.25, 0.3) is 5.56 Å². The Labute approximate surface area is 193 Å². The summed E-state index contributed by atoms with van der Waals surface area (Å²) < 4.78 is 20.5. The van der Waals surface area contributed by atoms with Crippen LogP contribution in [0.2, 0.25) is 0 Å². The van der Waals surface area contributed by atoms with Crippen LogP contribution in [0.5, 0.6) is 11.5 Å². The van der Waals surface area contributed by atoms with Crippen LogP contribution in [0.4, 0.5) is 10.2 Å². The summed E-state index contributed by atoms with van der Waals surface area (Å²) in [4.78, 5) is 26.5. The van der Waals surface area contributed by atoms with Gasteiger partial charge in [-0.15, -0.1) is 0 Å². The van der Waals surface area contributed by atoms with Crippen LogP contribution in [-0.2, 0) is 4.79 Å². The zero-order chi connectivity index (χ0) is 23.8. The average Bonchev–Trinajstić information content (AvgIpc) is 3.49. The number of likely N-dealkylation sites (tertiary alicyclic amines) is 1. The number of anilines is 1. The van der Waals surface area contributed by atoms with Gasteiger partial charge >= 0.3 is 0 Å². The Morgan fingerprint density at radius 2 is 1.85 bits per heavy atom. The lowest BCUT2D eigenvalue weighted by atomic mass is 10.0. The van der Waals surface area contributed by atoms with Crippen molar-refractivity contribution < 1.29 is 13.9 Å². The van der Waals surface area contributed by atoms with Crippen molar-refractivity contribution in [2.75, 3.05) is 18.8 Å². The monoisotopic (exact) mass is 460 g/mol. The van der Waals surface area contributed by atoms with Crippen LogP contribution in [0.25, 0.3) is 16.6 Å². The summed E-state index contributed by atoms with van der Waals surface area (Å²) in [5, 5.41) is 11.4. The molecule has 10 heteroatoms. The number of aromatic amines is 1. The molecule has 1 amide bonds. The zero-order valence-corrected chi connectivity index (χ0v) is 18.1. The summed E-state index contributed by atoms with van der Waals surface area (Å²) >= 11 is 0. The number of carbonyl (C=O) groups excluding carboxylic acids is 1. The fourth-order valence-corrected chi connectivity index (χ4v) is 4.19. The number of nitrogen functional groups attached to an aromatic ring is 1. The molecule has 1 saturated heterocycles. The van der Waals surface area contributed by atoms with Gasteiger partial charge < -0.3 is 15.4 Å². The topological polar surface area (TPSA) is 119 Å². The van der Waals surface area contributed by atoms with E-state index in [-0.39, 0.29) is 23.5 Å². The van der Waals surface area contributed by atoms with Gasteiger partial charge in [-0.25, -0.2) is 14.2 Å². The molecule has 0 aliphatic carbocycles. The van der Waals surface area contributed by atoms with Gasteiger partial charge in [-0.05, 0) is 61.0 Å². The number of ether oxygens (including phenoxy) is 1. The Morgan fingerprint density at radius 3 is 2.53 bits per heavy atom. The molecule has 0 spiro atoms. The van der Waals surface area contributed by atoms with Gasteiger partial charge in [-0.3, -0.25) is 9.59 Å². The largest absolute Gasteiger partial charge is 0.457 e. The first-order valence-corrected chi connectivity index (χ1v) is 10.7. The van der Waals surface area contributed by atoms with E-state index in [1.165, 1.54) is 30.3 Å². The molecule has 5 rings (SSSR count). The molecule has 0 bridgehead atoms. The molecule has 1 atom stereocenters. The van der Waals surface area contributed by atoms with Gasteiger partial charge in [-0.1, -0.05) is 6.58 Å². The molecule has 0 saturated carbocycles. The summed E-state index contributed by atoms with van der Waals surface area (Å²) in [5.74, 6) is 0.558. The molecule has 1 aliphatic rings. The number of hydrogen-bond donors (Lipinski definition) is 2. The minimum atomic E-state index is -0.393. The molecule has 3 N–H and O–H groups in total. The Morgan fingerprint density at radius 1 is 1.18 bits per heavy atom. The van der Waals surface area contributed by atoms with Crippen molar-refractivity contribution in [1.29, 1.82) is 0 Å². The van der Waals surface area contributed by atoms with E-state index >= 15 is 0 Å². The number of benzene rings is 2. The second kappa shape index (κ2) is 8.47. The van der Waals surface area contributed by atoms with Crippen LogP contribution in [0, 0.1) is 5.82 Å². The molecule has 4 aromatic rings. The molecule has 34 heavy (non-hydrogen) atoms. The van der Waals surface area contributed by atoms with Gasteiger partial charge in [0.2, 0.25) is 5.91 Å². The predicted molar refractivity (Wildman–Crippen MR) is 125 cm³/mol. The fraction of sp³-hybridized carbons (Fsp3) is 0.167. The Hall–Kier alpha value is -4.47. The molecule has 0 unspecified atom stereocenters. The molecule has 0 radical (unpaired) electrons. The molecule has 9 nitrogen and oxygen atoms in total. The number of rotatable bonds is 5. The van der Waals surface area contributed by atoms with Crippen LogP contribution in [0.3, 0.4) is 0 Å². The van der Waals surface area contributed by atoms with Gasteiger partial charge in [0.1, 0.15) is 22.8 Å². The van der Waals surface area contributed by atoms with Crippen molar-refractivity contribution in [2.45, 2.75) is 12.3 Å². The van der Waals surface area contributed by atoms with Crippen LogP contribution in [0.15, 0.2) is 66.0 Å². The number of amides is 1. The number of fused-ring (bicyclic) bond motifs is 1. The van der Waals surface area contributed by atoms with E-state index in [0.29, 0.717) is 53.3 Å². The van der Waals surface area contributed by atoms with Gasteiger partial charge in [0, 0.05) is 19.0 Å². The Balaban J connectivity index is 1.52. The number of aromatic nitrogens is 4. The van der Waals surface area contributed by atoms with E-state index in [1.807, 2.05) is 0 Å². The van der Waals surface area contributed by atoms with E-state index in [9.17, 15) is 14.0 Å². The molecule has 1 aliphatic heterocycles. The smallest absolute Gasteiger partial charge is 0.275 e. The fourth-order valence-electron chi connectivity index (χ4n) is 4.19. The standard InChI is InChI=1S/C24H21FN6O3/c1-2-19(32)30-12-11-14(13-30)21-20-22(23(26)27-28-24(20)33)31(29-21)16-5-9-18(10-6-16)34-17-7-3-15(25)4-8-17/h2-10,14H,1,11-13H2,(H2,26,27)(H,28,33)/t14-/m0/s1. The molecule has 1 fully saturated rings. The maximum atomic E-state index is 13.1. The van der Waals surface area contributed by atoms with Gasteiger partial charge in [0.15, 0.2) is 5.82 Å². The third-order valence-corrected chi connectivity index (χ3v) is 5.85. The van der Waals surface area contributed by atoms with Gasteiger partial charge in [0.05, 0.1) is 16.8 Å². The average molecular weight is 460 g/mol. The number of nitrogens with two attached hydrogens (primary N) is 1. The minimum absolute atomic E-state index is 0.128. The lowest BCUT2D eigenvalue weighted by Crippen LogP contribution is -2.26. The van der Waals surface area contributed by atoms with Crippen LogP contribution < -0.4 is 16.0 Å². The number of H-pyrrole nitrogens is 1. The highest BCUT2D eigenvalue weighted by Gasteiger charge is 2.31. The second-order valence-electron chi connectivity index (χ2n) is 7.98. The highest BCUT2D eigenvalue weighted by Crippen LogP contribution is 2.33. The summed E-state index contributed by atoms with van der Waals surface area (Å²) in [7, 11) is 0. The molecule has 172 valence electrons. The molecule has 2 aromatic carbocycles. The van der Waals surface area contributed by atoms with Crippen LogP contribution in [0.1, 0.15) is 18.0 Å². The van der Waals surface area contributed by atoms with Crippen molar-refractivity contribution >= 4 is 22.6 Å². The number of nitrogens with one attached hydrogen (secondary N) is 1. The quantitative estimate of drug-likeness (QED) is 0.442.